The van der Waals surface area contributed by atoms with E-state index in [0.29, 0.717) is 19.4 Å². The van der Waals surface area contributed by atoms with Crippen LogP contribution in [0.1, 0.15) is 26.2 Å². The van der Waals surface area contributed by atoms with Gasteiger partial charge in [-0.1, -0.05) is 6.08 Å². The zero-order valence-corrected chi connectivity index (χ0v) is 8.33. The molecule has 3 nitrogen and oxygen atoms in total. The second kappa shape index (κ2) is 7.80. The number of aliphatic hydroxyl groups is 1. The third-order valence-corrected chi connectivity index (χ3v) is 1.88. The van der Waals surface area contributed by atoms with Crippen molar-refractivity contribution in [3.8, 4) is 0 Å². The Balaban J connectivity index is 3.70. The van der Waals surface area contributed by atoms with E-state index in [1.165, 1.54) is 0 Å². The fourth-order valence-corrected chi connectivity index (χ4v) is 1.11. The summed E-state index contributed by atoms with van der Waals surface area (Å²) in [6.07, 6.45) is 3.73. The Morgan fingerprint density at radius 1 is 1.54 bits per heavy atom. The lowest BCUT2D eigenvalue weighted by Crippen LogP contribution is -2.30. The molecule has 0 unspecified atom stereocenters. The van der Waals surface area contributed by atoms with Crippen LogP contribution in [0.4, 0.5) is 0 Å². The van der Waals surface area contributed by atoms with Crippen LogP contribution in [0.2, 0.25) is 0 Å². The van der Waals surface area contributed by atoms with Gasteiger partial charge in [0.25, 0.3) is 0 Å². The van der Waals surface area contributed by atoms with Gasteiger partial charge in [-0.15, -0.1) is 6.58 Å². The predicted octanol–water partition coefficient (Wildman–Crippen LogP) is 1.18. The maximum atomic E-state index is 11.4. The maximum absolute atomic E-state index is 11.4. The molecule has 76 valence electrons. The van der Waals surface area contributed by atoms with Crippen LogP contribution in [-0.4, -0.2) is 35.6 Å². The number of likely N-dealkylation sites (N-methyl/N-ethyl adjacent to an activating group) is 1. The molecule has 0 spiro atoms. The number of amides is 1. The third-order valence-electron chi connectivity index (χ3n) is 1.88. The molecule has 0 aliphatic heterocycles. The summed E-state index contributed by atoms with van der Waals surface area (Å²) >= 11 is 0. The van der Waals surface area contributed by atoms with Crippen molar-refractivity contribution in [1.82, 2.24) is 4.90 Å². The van der Waals surface area contributed by atoms with Crippen molar-refractivity contribution in [3.63, 3.8) is 0 Å². The highest BCUT2D eigenvalue weighted by molar-refractivity contribution is 5.76. The third kappa shape index (κ3) is 5.42. The monoisotopic (exact) mass is 185 g/mol. The van der Waals surface area contributed by atoms with Crippen LogP contribution in [0.3, 0.4) is 0 Å². The van der Waals surface area contributed by atoms with Gasteiger partial charge in [0.15, 0.2) is 0 Å². The lowest BCUT2D eigenvalue weighted by atomic mass is 10.2. The number of hydrogen-bond donors (Lipinski definition) is 1. The highest BCUT2D eigenvalue weighted by Crippen LogP contribution is 2.00. The van der Waals surface area contributed by atoms with E-state index in [2.05, 4.69) is 6.58 Å². The molecule has 1 amide bonds. The molecular formula is C10H19NO2. The van der Waals surface area contributed by atoms with Gasteiger partial charge in [-0.2, -0.15) is 0 Å². The Morgan fingerprint density at radius 2 is 2.23 bits per heavy atom. The number of nitrogens with zero attached hydrogens (tertiary/aromatic N) is 1. The minimum absolute atomic E-state index is 0.149. The van der Waals surface area contributed by atoms with Crippen LogP contribution in [0, 0.1) is 0 Å². The predicted molar refractivity (Wildman–Crippen MR) is 53.4 cm³/mol. The van der Waals surface area contributed by atoms with Gasteiger partial charge in [0.05, 0.1) is 0 Å². The number of carbonyl (C=O) groups is 1. The zero-order chi connectivity index (χ0) is 10.1. The summed E-state index contributed by atoms with van der Waals surface area (Å²) in [5, 5.41) is 8.54. The minimum atomic E-state index is 0.149. The Kier molecular flexibility index (Phi) is 7.30. The molecule has 0 heterocycles. The molecule has 13 heavy (non-hydrogen) atoms. The second-order valence-electron chi connectivity index (χ2n) is 2.90. The van der Waals surface area contributed by atoms with E-state index in [4.69, 9.17) is 5.11 Å². The van der Waals surface area contributed by atoms with Crippen LogP contribution in [0.5, 0.6) is 0 Å². The summed E-state index contributed by atoms with van der Waals surface area (Å²) in [5.74, 6) is 0.149. The van der Waals surface area contributed by atoms with Crippen molar-refractivity contribution in [3.05, 3.63) is 12.7 Å². The first-order valence-corrected chi connectivity index (χ1v) is 4.75. The average Bonchev–Trinajstić information content (AvgIpc) is 2.14. The van der Waals surface area contributed by atoms with E-state index < -0.39 is 0 Å². The van der Waals surface area contributed by atoms with Crippen molar-refractivity contribution in [1.29, 1.82) is 0 Å². The first kappa shape index (κ1) is 12.2. The van der Waals surface area contributed by atoms with Gasteiger partial charge in [-0.25, -0.2) is 0 Å². The number of rotatable bonds is 7. The lowest BCUT2D eigenvalue weighted by molar-refractivity contribution is -0.130. The number of hydrogen-bond acceptors (Lipinski definition) is 2. The summed E-state index contributed by atoms with van der Waals surface area (Å²) in [5.41, 5.74) is 0. The maximum Gasteiger partial charge on any atom is 0.222 e. The van der Waals surface area contributed by atoms with Crippen LogP contribution >= 0.6 is 0 Å². The van der Waals surface area contributed by atoms with Gasteiger partial charge >= 0.3 is 0 Å². The van der Waals surface area contributed by atoms with E-state index in [-0.39, 0.29) is 12.5 Å². The van der Waals surface area contributed by atoms with Crippen LogP contribution in [0.25, 0.3) is 0 Å². The number of aliphatic hydroxyl groups excluding tert-OH is 1. The summed E-state index contributed by atoms with van der Waals surface area (Å²) in [4.78, 5) is 13.2. The molecule has 0 fully saturated rings. The van der Waals surface area contributed by atoms with Crippen molar-refractivity contribution < 1.29 is 9.90 Å². The SMILES string of the molecule is C=CCN(CC)C(=O)CCCCO. The summed E-state index contributed by atoms with van der Waals surface area (Å²) in [6, 6.07) is 0. The number of carbonyl (C=O) groups excluding carboxylic acids is 1. The fourth-order valence-electron chi connectivity index (χ4n) is 1.11. The fraction of sp³-hybridized carbons (Fsp3) is 0.700. The Hall–Kier alpha value is -0.830. The second-order valence-corrected chi connectivity index (χ2v) is 2.90. The molecular weight excluding hydrogens is 166 g/mol. The van der Waals surface area contributed by atoms with Crippen molar-refractivity contribution in [2.75, 3.05) is 19.7 Å². The molecule has 0 rings (SSSR count). The van der Waals surface area contributed by atoms with Gasteiger partial charge in [0.1, 0.15) is 0 Å². The van der Waals surface area contributed by atoms with E-state index in [0.717, 1.165) is 13.0 Å². The summed E-state index contributed by atoms with van der Waals surface area (Å²) < 4.78 is 0. The standard InChI is InChI=1S/C10H19NO2/c1-3-8-11(4-2)10(13)7-5-6-9-12/h3,12H,1,4-9H2,2H3. The molecule has 0 aromatic carbocycles. The molecule has 0 radical (unpaired) electrons. The van der Waals surface area contributed by atoms with E-state index >= 15 is 0 Å². The molecule has 0 bridgehead atoms. The molecule has 0 aliphatic carbocycles. The molecule has 0 aliphatic rings. The first-order chi connectivity index (χ1) is 6.26. The molecule has 0 aromatic rings. The van der Waals surface area contributed by atoms with Gasteiger partial charge in [0, 0.05) is 26.1 Å². The van der Waals surface area contributed by atoms with Gasteiger partial charge < -0.3 is 10.0 Å². The van der Waals surface area contributed by atoms with E-state index in [1.807, 2.05) is 6.92 Å². The van der Waals surface area contributed by atoms with Gasteiger partial charge in [-0.3, -0.25) is 4.79 Å². The summed E-state index contributed by atoms with van der Waals surface area (Å²) in [6.45, 7) is 7.06. The van der Waals surface area contributed by atoms with Gasteiger partial charge in [-0.05, 0) is 19.8 Å². The van der Waals surface area contributed by atoms with Crippen molar-refractivity contribution in [2.45, 2.75) is 26.2 Å². The molecule has 1 N–H and O–H groups in total. The Bertz CT molecular complexity index is 157. The normalized spacial score (nSPS) is 9.69. The van der Waals surface area contributed by atoms with Gasteiger partial charge in [0.2, 0.25) is 5.91 Å². The Morgan fingerprint density at radius 3 is 2.69 bits per heavy atom. The topological polar surface area (TPSA) is 40.5 Å². The van der Waals surface area contributed by atoms with Crippen LogP contribution < -0.4 is 0 Å². The van der Waals surface area contributed by atoms with Crippen LogP contribution in [-0.2, 0) is 4.79 Å². The lowest BCUT2D eigenvalue weighted by Gasteiger charge is -2.18. The Labute approximate surface area is 80.0 Å². The van der Waals surface area contributed by atoms with E-state index in [9.17, 15) is 4.79 Å². The minimum Gasteiger partial charge on any atom is -0.396 e. The van der Waals surface area contributed by atoms with Crippen LogP contribution in [0.15, 0.2) is 12.7 Å². The largest absolute Gasteiger partial charge is 0.396 e. The highest BCUT2D eigenvalue weighted by atomic mass is 16.2. The quantitative estimate of drug-likeness (QED) is 0.478. The molecule has 0 atom stereocenters. The first-order valence-electron chi connectivity index (χ1n) is 4.75. The average molecular weight is 185 g/mol. The van der Waals surface area contributed by atoms with Crippen molar-refractivity contribution in [2.24, 2.45) is 0 Å². The molecule has 0 saturated heterocycles. The number of unbranched alkanes of at least 4 members (excludes halogenated alkanes) is 1. The highest BCUT2D eigenvalue weighted by Gasteiger charge is 2.08. The zero-order valence-electron chi connectivity index (χ0n) is 8.33. The summed E-state index contributed by atoms with van der Waals surface area (Å²) in [7, 11) is 0. The molecule has 0 saturated carbocycles. The molecule has 3 heteroatoms. The van der Waals surface area contributed by atoms with Crippen molar-refractivity contribution >= 4 is 5.91 Å². The van der Waals surface area contributed by atoms with E-state index in [1.54, 1.807) is 11.0 Å². The smallest absolute Gasteiger partial charge is 0.222 e. The molecule has 0 aromatic heterocycles.